The first-order chi connectivity index (χ1) is 8.18. The number of aryl methyl sites for hydroxylation is 1. The van der Waals surface area contributed by atoms with Crippen LogP contribution < -0.4 is 5.32 Å². The third-order valence-corrected chi connectivity index (χ3v) is 2.26. The number of carbonyl (C=O) groups is 1. The van der Waals surface area contributed by atoms with Crippen molar-refractivity contribution in [2.75, 3.05) is 0 Å². The van der Waals surface area contributed by atoms with Crippen molar-refractivity contribution in [2.45, 2.75) is 6.54 Å². The zero-order chi connectivity index (χ0) is 12.3. The van der Waals surface area contributed by atoms with E-state index in [4.69, 9.17) is 0 Å². The van der Waals surface area contributed by atoms with Crippen molar-refractivity contribution in [1.29, 1.82) is 0 Å². The van der Waals surface area contributed by atoms with Crippen LogP contribution in [0.2, 0.25) is 0 Å². The van der Waals surface area contributed by atoms with Gasteiger partial charge in [-0.3, -0.25) is 9.78 Å². The molecule has 17 heavy (non-hydrogen) atoms. The Kier molecular flexibility index (Phi) is 2.99. The maximum absolute atomic E-state index is 11.7. The lowest BCUT2D eigenvalue weighted by Gasteiger charge is -2.05. The molecule has 2 rings (SSSR count). The van der Waals surface area contributed by atoms with Gasteiger partial charge in [0.25, 0.3) is 5.91 Å². The van der Waals surface area contributed by atoms with Crippen molar-refractivity contribution in [3.8, 4) is 5.75 Å². The number of rotatable bonds is 3. The van der Waals surface area contributed by atoms with E-state index in [9.17, 15) is 9.90 Å². The summed E-state index contributed by atoms with van der Waals surface area (Å²) in [6, 6.07) is 1.45. The van der Waals surface area contributed by atoms with Crippen molar-refractivity contribution in [2.24, 2.45) is 7.05 Å². The summed E-state index contributed by atoms with van der Waals surface area (Å²) in [5.41, 5.74) is 0.183. The molecule has 0 spiro atoms. The Morgan fingerprint density at radius 3 is 3.06 bits per heavy atom. The minimum atomic E-state index is -0.382. The number of hydrogen-bond acceptors (Lipinski definition) is 5. The molecular formula is C10H11N5O2. The van der Waals surface area contributed by atoms with E-state index in [1.807, 2.05) is 0 Å². The number of aromatic nitrogens is 4. The molecule has 0 atom stereocenters. The minimum Gasteiger partial charge on any atom is -0.505 e. The molecule has 0 bridgehead atoms. The second-order valence-electron chi connectivity index (χ2n) is 3.43. The molecule has 0 aliphatic rings. The smallest absolute Gasteiger partial charge is 0.255 e. The summed E-state index contributed by atoms with van der Waals surface area (Å²) in [5.74, 6) is 0.0998. The highest BCUT2D eigenvalue weighted by Gasteiger charge is 2.11. The number of aromatic hydroxyl groups is 1. The third-order valence-electron chi connectivity index (χ3n) is 2.26. The first-order valence-corrected chi connectivity index (χ1v) is 4.92. The summed E-state index contributed by atoms with van der Waals surface area (Å²) in [4.78, 5) is 15.4. The van der Waals surface area contributed by atoms with Gasteiger partial charge < -0.3 is 15.0 Å². The van der Waals surface area contributed by atoms with Gasteiger partial charge in [0, 0.05) is 13.2 Å². The van der Waals surface area contributed by atoms with Crippen LogP contribution in [-0.2, 0) is 13.6 Å². The SMILES string of the molecule is Cn1cnnc1CNC(=O)c1ccncc1O. The van der Waals surface area contributed by atoms with Crippen LogP contribution in [0.3, 0.4) is 0 Å². The molecule has 0 fully saturated rings. The molecule has 0 unspecified atom stereocenters. The van der Waals surface area contributed by atoms with Gasteiger partial charge in [-0.25, -0.2) is 0 Å². The van der Waals surface area contributed by atoms with Crippen molar-refractivity contribution < 1.29 is 9.90 Å². The van der Waals surface area contributed by atoms with E-state index in [0.717, 1.165) is 0 Å². The van der Waals surface area contributed by atoms with Gasteiger partial charge in [0.05, 0.1) is 18.3 Å². The molecule has 0 aliphatic heterocycles. The Morgan fingerprint density at radius 1 is 1.59 bits per heavy atom. The summed E-state index contributed by atoms with van der Waals surface area (Å²) < 4.78 is 1.70. The van der Waals surface area contributed by atoms with Crippen molar-refractivity contribution in [3.05, 3.63) is 36.2 Å². The Balaban J connectivity index is 2.04. The number of nitrogens with one attached hydrogen (secondary N) is 1. The zero-order valence-corrected chi connectivity index (χ0v) is 9.16. The quantitative estimate of drug-likeness (QED) is 0.768. The topological polar surface area (TPSA) is 92.9 Å². The second-order valence-corrected chi connectivity index (χ2v) is 3.43. The van der Waals surface area contributed by atoms with Crippen LogP contribution in [0.15, 0.2) is 24.8 Å². The Bertz CT molecular complexity index is 537. The number of carbonyl (C=O) groups excluding carboxylic acids is 1. The number of pyridine rings is 1. The fraction of sp³-hybridized carbons (Fsp3) is 0.200. The number of amides is 1. The van der Waals surface area contributed by atoms with E-state index in [1.54, 1.807) is 17.9 Å². The predicted octanol–water partition coefficient (Wildman–Crippen LogP) is -0.154. The molecule has 0 saturated carbocycles. The summed E-state index contributed by atoms with van der Waals surface area (Å²) in [5, 5.41) is 19.6. The molecule has 0 aromatic carbocycles. The lowest BCUT2D eigenvalue weighted by atomic mass is 10.2. The van der Waals surface area contributed by atoms with E-state index in [0.29, 0.717) is 5.82 Å². The highest BCUT2D eigenvalue weighted by atomic mass is 16.3. The summed E-state index contributed by atoms with van der Waals surface area (Å²) in [7, 11) is 1.78. The maximum Gasteiger partial charge on any atom is 0.255 e. The van der Waals surface area contributed by atoms with E-state index < -0.39 is 0 Å². The Labute approximate surface area is 97.1 Å². The van der Waals surface area contributed by atoms with Crippen LogP contribution in [0.1, 0.15) is 16.2 Å². The average Bonchev–Trinajstić information content (AvgIpc) is 2.72. The largest absolute Gasteiger partial charge is 0.505 e. The highest BCUT2D eigenvalue weighted by Crippen LogP contribution is 2.13. The lowest BCUT2D eigenvalue weighted by Crippen LogP contribution is -2.24. The van der Waals surface area contributed by atoms with Crippen molar-refractivity contribution in [3.63, 3.8) is 0 Å². The van der Waals surface area contributed by atoms with E-state index in [2.05, 4.69) is 20.5 Å². The van der Waals surface area contributed by atoms with Gasteiger partial charge in [-0.1, -0.05) is 0 Å². The molecule has 2 aromatic rings. The number of nitrogens with zero attached hydrogens (tertiary/aromatic N) is 4. The van der Waals surface area contributed by atoms with E-state index in [1.165, 1.54) is 18.5 Å². The lowest BCUT2D eigenvalue weighted by molar-refractivity contribution is 0.0946. The molecule has 0 radical (unpaired) electrons. The maximum atomic E-state index is 11.7. The Morgan fingerprint density at radius 2 is 2.41 bits per heavy atom. The van der Waals surface area contributed by atoms with Crippen LogP contribution in [-0.4, -0.2) is 30.8 Å². The van der Waals surface area contributed by atoms with Crippen LogP contribution >= 0.6 is 0 Å². The van der Waals surface area contributed by atoms with Gasteiger partial charge in [-0.2, -0.15) is 0 Å². The van der Waals surface area contributed by atoms with Gasteiger partial charge in [-0.05, 0) is 6.07 Å². The number of hydrogen-bond donors (Lipinski definition) is 2. The normalized spacial score (nSPS) is 10.2. The van der Waals surface area contributed by atoms with Gasteiger partial charge >= 0.3 is 0 Å². The predicted molar refractivity (Wildman–Crippen MR) is 58.1 cm³/mol. The fourth-order valence-corrected chi connectivity index (χ4v) is 1.30. The summed E-state index contributed by atoms with van der Waals surface area (Å²) >= 11 is 0. The average molecular weight is 233 g/mol. The molecule has 1 amide bonds. The van der Waals surface area contributed by atoms with E-state index in [-0.39, 0.29) is 23.8 Å². The molecule has 2 aromatic heterocycles. The molecule has 2 heterocycles. The molecule has 7 heteroatoms. The van der Waals surface area contributed by atoms with Crippen LogP contribution in [0, 0.1) is 0 Å². The highest BCUT2D eigenvalue weighted by molar-refractivity contribution is 5.96. The molecule has 2 N–H and O–H groups in total. The van der Waals surface area contributed by atoms with Gasteiger partial charge in [0.1, 0.15) is 12.1 Å². The summed E-state index contributed by atoms with van der Waals surface area (Å²) in [6.45, 7) is 0.247. The van der Waals surface area contributed by atoms with Gasteiger partial charge in [-0.15, -0.1) is 10.2 Å². The van der Waals surface area contributed by atoms with Crippen LogP contribution in [0.4, 0.5) is 0 Å². The Hall–Kier alpha value is -2.44. The van der Waals surface area contributed by atoms with Crippen LogP contribution in [0.25, 0.3) is 0 Å². The van der Waals surface area contributed by atoms with E-state index >= 15 is 0 Å². The molecular weight excluding hydrogens is 222 g/mol. The molecule has 7 nitrogen and oxygen atoms in total. The summed E-state index contributed by atoms with van der Waals surface area (Å²) in [6.07, 6.45) is 4.21. The monoisotopic (exact) mass is 233 g/mol. The minimum absolute atomic E-state index is 0.150. The van der Waals surface area contributed by atoms with Gasteiger partial charge in [0.15, 0.2) is 5.82 Å². The molecule has 0 saturated heterocycles. The van der Waals surface area contributed by atoms with Crippen molar-refractivity contribution in [1.82, 2.24) is 25.1 Å². The first kappa shape index (κ1) is 11.1. The molecule has 88 valence electrons. The molecule has 0 aliphatic carbocycles. The standard InChI is InChI=1S/C10H11N5O2/c1-15-6-13-14-9(15)5-12-10(17)7-2-3-11-4-8(7)16/h2-4,6,16H,5H2,1H3,(H,12,17). The van der Waals surface area contributed by atoms with Gasteiger partial charge in [0.2, 0.25) is 0 Å². The second kappa shape index (κ2) is 4.60. The van der Waals surface area contributed by atoms with Crippen LogP contribution in [0.5, 0.6) is 5.75 Å². The first-order valence-electron chi connectivity index (χ1n) is 4.92. The third kappa shape index (κ3) is 2.39. The zero-order valence-electron chi connectivity index (χ0n) is 9.16. The fourth-order valence-electron chi connectivity index (χ4n) is 1.30. The van der Waals surface area contributed by atoms with Crippen molar-refractivity contribution >= 4 is 5.91 Å².